The number of carboxylic acid groups (broad SMARTS) is 1. The molecule has 2 rings (SSSR count). The van der Waals surface area contributed by atoms with Crippen LogP contribution in [-0.2, 0) is 0 Å². The molecule has 6 heteroatoms. The number of aromatic carboxylic acids is 1. The summed E-state index contributed by atoms with van der Waals surface area (Å²) in [4.78, 5) is 17.0. The first-order chi connectivity index (χ1) is 8.03. The van der Waals surface area contributed by atoms with Gasteiger partial charge in [0.2, 0.25) is 0 Å². The number of rotatable bonds is 5. The predicted molar refractivity (Wildman–Crippen MR) is 67.8 cm³/mol. The summed E-state index contributed by atoms with van der Waals surface area (Å²) >= 11 is 1.34. The SMILES string of the molecule is CN(C)C1(CNc2nc(C(=O)O)cs2)CCC1. The third-order valence-electron chi connectivity index (χ3n) is 3.52. The third-order valence-corrected chi connectivity index (χ3v) is 4.32. The van der Waals surface area contributed by atoms with Crippen molar-refractivity contribution in [2.24, 2.45) is 0 Å². The Kier molecular flexibility index (Phi) is 3.35. The Morgan fingerprint density at radius 3 is 2.76 bits per heavy atom. The van der Waals surface area contributed by atoms with Crippen LogP contribution in [0.4, 0.5) is 5.13 Å². The van der Waals surface area contributed by atoms with E-state index in [1.165, 1.54) is 30.6 Å². The van der Waals surface area contributed by atoms with Crippen LogP contribution < -0.4 is 5.32 Å². The zero-order valence-electron chi connectivity index (χ0n) is 10.1. The van der Waals surface area contributed by atoms with E-state index in [2.05, 4.69) is 29.3 Å². The van der Waals surface area contributed by atoms with Gasteiger partial charge >= 0.3 is 5.97 Å². The lowest BCUT2D eigenvalue weighted by atomic mass is 9.75. The molecule has 1 heterocycles. The largest absolute Gasteiger partial charge is 0.476 e. The van der Waals surface area contributed by atoms with Crippen molar-refractivity contribution in [1.29, 1.82) is 0 Å². The highest BCUT2D eigenvalue weighted by atomic mass is 32.1. The smallest absolute Gasteiger partial charge is 0.355 e. The van der Waals surface area contributed by atoms with E-state index >= 15 is 0 Å². The average molecular weight is 255 g/mol. The molecule has 1 aliphatic carbocycles. The Morgan fingerprint density at radius 2 is 2.35 bits per heavy atom. The van der Waals surface area contributed by atoms with E-state index in [0.29, 0.717) is 5.13 Å². The van der Waals surface area contributed by atoms with Gasteiger partial charge in [0.25, 0.3) is 0 Å². The summed E-state index contributed by atoms with van der Waals surface area (Å²) in [6.45, 7) is 0.826. The second-order valence-corrected chi connectivity index (χ2v) is 5.53. The van der Waals surface area contributed by atoms with Crippen molar-refractivity contribution >= 4 is 22.4 Å². The van der Waals surface area contributed by atoms with Crippen LogP contribution in [0.15, 0.2) is 5.38 Å². The number of carbonyl (C=O) groups is 1. The van der Waals surface area contributed by atoms with Crippen LogP contribution >= 0.6 is 11.3 Å². The van der Waals surface area contributed by atoms with Gasteiger partial charge in [-0.3, -0.25) is 0 Å². The molecule has 1 aromatic rings. The van der Waals surface area contributed by atoms with Crippen LogP contribution in [0.25, 0.3) is 0 Å². The Morgan fingerprint density at radius 1 is 1.65 bits per heavy atom. The van der Waals surface area contributed by atoms with Gasteiger partial charge in [-0.05, 0) is 33.4 Å². The van der Waals surface area contributed by atoms with Gasteiger partial charge in [-0.15, -0.1) is 11.3 Å². The van der Waals surface area contributed by atoms with E-state index in [9.17, 15) is 4.79 Å². The second-order valence-electron chi connectivity index (χ2n) is 4.67. The zero-order chi connectivity index (χ0) is 12.5. The lowest BCUT2D eigenvalue weighted by molar-refractivity contribution is 0.0691. The summed E-state index contributed by atoms with van der Waals surface area (Å²) in [5, 5.41) is 14.3. The van der Waals surface area contributed by atoms with E-state index in [-0.39, 0.29) is 11.2 Å². The minimum atomic E-state index is -0.972. The molecule has 0 radical (unpaired) electrons. The fraction of sp³-hybridized carbons (Fsp3) is 0.636. The molecule has 94 valence electrons. The van der Waals surface area contributed by atoms with Gasteiger partial charge in [0, 0.05) is 17.5 Å². The Balaban J connectivity index is 1.95. The molecule has 0 aromatic carbocycles. The Bertz CT molecular complexity index is 413. The minimum absolute atomic E-state index is 0.116. The summed E-state index contributed by atoms with van der Waals surface area (Å²) in [7, 11) is 4.18. The van der Waals surface area contributed by atoms with Crippen LogP contribution in [0.2, 0.25) is 0 Å². The quantitative estimate of drug-likeness (QED) is 0.839. The van der Waals surface area contributed by atoms with Gasteiger partial charge < -0.3 is 15.3 Å². The highest BCUT2D eigenvalue weighted by molar-refractivity contribution is 7.13. The second kappa shape index (κ2) is 4.62. The molecule has 0 bridgehead atoms. The van der Waals surface area contributed by atoms with Gasteiger partial charge in [-0.1, -0.05) is 0 Å². The maximum atomic E-state index is 10.7. The molecule has 5 nitrogen and oxygen atoms in total. The van der Waals surface area contributed by atoms with Crippen molar-refractivity contribution in [3.63, 3.8) is 0 Å². The summed E-state index contributed by atoms with van der Waals surface area (Å²) in [5.41, 5.74) is 0.333. The number of thiazole rings is 1. The molecule has 0 atom stereocenters. The molecule has 0 amide bonds. The Hall–Kier alpha value is -1.14. The molecule has 0 spiro atoms. The molecule has 0 aliphatic heterocycles. The van der Waals surface area contributed by atoms with Crippen LogP contribution in [0, 0.1) is 0 Å². The number of aromatic nitrogens is 1. The van der Waals surface area contributed by atoms with Crippen molar-refractivity contribution in [2.75, 3.05) is 26.0 Å². The monoisotopic (exact) mass is 255 g/mol. The first kappa shape index (κ1) is 12.3. The highest BCUT2D eigenvalue weighted by Gasteiger charge is 2.38. The van der Waals surface area contributed by atoms with E-state index < -0.39 is 5.97 Å². The van der Waals surface area contributed by atoms with Gasteiger partial charge in [0.15, 0.2) is 10.8 Å². The minimum Gasteiger partial charge on any atom is -0.476 e. The van der Waals surface area contributed by atoms with Gasteiger partial charge in [0.05, 0.1) is 0 Å². The molecular weight excluding hydrogens is 238 g/mol. The number of hydrogen-bond donors (Lipinski definition) is 2. The maximum Gasteiger partial charge on any atom is 0.355 e. The number of nitrogens with one attached hydrogen (secondary N) is 1. The van der Waals surface area contributed by atoms with Crippen molar-refractivity contribution in [3.8, 4) is 0 Å². The number of likely N-dealkylation sites (N-methyl/N-ethyl adjacent to an activating group) is 1. The molecule has 1 aromatic heterocycles. The van der Waals surface area contributed by atoms with Crippen molar-refractivity contribution in [2.45, 2.75) is 24.8 Å². The number of anilines is 1. The lowest BCUT2D eigenvalue weighted by Crippen LogP contribution is -2.54. The molecule has 1 fully saturated rings. The van der Waals surface area contributed by atoms with E-state index in [1.54, 1.807) is 5.38 Å². The maximum absolute atomic E-state index is 10.7. The van der Waals surface area contributed by atoms with Gasteiger partial charge in [-0.25, -0.2) is 9.78 Å². The molecule has 1 saturated carbocycles. The molecule has 0 unspecified atom stereocenters. The van der Waals surface area contributed by atoms with Crippen LogP contribution in [0.3, 0.4) is 0 Å². The number of nitrogens with zero attached hydrogens (tertiary/aromatic N) is 2. The van der Waals surface area contributed by atoms with E-state index in [1.807, 2.05) is 0 Å². The van der Waals surface area contributed by atoms with E-state index in [0.717, 1.165) is 6.54 Å². The molecule has 2 N–H and O–H groups in total. The molecule has 0 saturated heterocycles. The summed E-state index contributed by atoms with van der Waals surface area (Å²) in [6, 6.07) is 0. The third kappa shape index (κ3) is 2.42. The van der Waals surface area contributed by atoms with Gasteiger partial charge in [0.1, 0.15) is 0 Å². The average Bonchev–Trinajstić information content (AvgIpc) is 2.64. The fourth-order valence-corrected chi connectivity index (χ4v) is 2.74. The fourth-order valence-electron chi connectivity index (χ4n) is 2.06. The Labute approximate surface area is 104 Å². The van der Waals surface area contributed by atoms with Crippen LogP contribution in [0.5, 0.6) is 0 Å². The van der Waals surface area contributed by atoms with E-state index in [4.69, 9.17) is 5.11 Å². The highest BCUT2D eigenvalue weighted by Crippen LogP contribution is 2.36. The topological polar surface area (TPSA) is 65.5 Å². The first-order valence-corrected chi connectivity index (χ1v) is 6.52. The molecule has 1 aliphatic rings. The van der Waals surface area contributed by atoms with Crippen molar-refractivity contribution in [1.82, 2.24) is 9.88 Å². The summed E-state index contributed by atoms with van der Waals surface area (Å²) < 4.78 is 0. The van der Waals surface area contributed by atoms with Crippen LogP contribution in [-0.4, -0.2) is 47.1 Å². The zero-order valence-corrected chi connectivity index (χ0v) is 10.9. The normalized spacial score (nSPS) is 17.8. The standard InChI is InChI=1S/C11H17N3O2S/c1-14(2)11(4-3-5-11)7-12-10-13-8(6-17-10)9(15)16/h6H,3-5,7H2,1-2H3,(H,12,13)(H,15,16). The van der Waals surface area contributed by atoms with Crippen molar-refractivity contribution in [3.05, 3.63) is 11.1 Å². The first-order valence-electron chi connectivity index (χ1n) is 5.64. The van der Waals surface area contributed by atoms with Crippen LogP contribution in [0.1, 0.15) is 29.8 Å². The molecule has 17 heavy (non-hydrogen) atoms. The van der Waals surface area contributed by atoms with Crippen molar-refractivity contribution < 1.29 is 9.90 Å². The van der Waals surface area contributed by atoms with Gasteiger partial charge in [-0.2, -0.15) is 0 Å². The number of hydrogen-bond acceptors (Lipinski definition) is 5. The lowest BCUT2D eigenvalue weighted by Gasteiger charge is -2.47. The number of carboxylic acids is 1. The summed E-state index contributed by atoms with van der Waals surface area (Å²) in [6.07, 6.45) is 3.63. The summed E-state index contributed by atoms with van der Waals surface area (Å²) in [5.74, 6) is -0.972. The molecular formula is C11H17N3O2S. The predicted octanol–water partition coefficient (Wildman–Crippen LogP) is 1.74.